The largest absolute Gasteiger partial charge is 0.316 e. The van der Waals surface area contributed by atoms with Gasteiger partial charge < -0.3 is 5.32 Å². The van der Waals surface area contributed by atoms with Gasteiger partial charge in [-0.2, -0.15) is 0 Å². The molecule has 0 aliphatic carbocycles. The monoisotopic (exact) mass is 339 g/mol. The maximum atomic E-state index is 12.5. The average molecular weight is 340 g/mol. The molecule has 0 saturated carbocycles. The van der Waals surface area contributed by atoms with Crippen LogP contribution in [0.4, 0.5) is 0 Å². The van der Waals surface area contributed by atoms with E-state index in [9.17, 15) is 4.79 Å². The van der Waals surface area contributed by atoms with E-state index in [1.807, 2.05) is 24.3 Å². The molecule has 3 heteroatoms. The van der Waals surface area contributed by atoms with Gasteiger partial charge in [0.1, 0.15) is 0 Å². The van der Waals surface area contributed by atoms with E-state index in [2.05, 4.69) is 36.5 Å². The maximum absolute atomic E-state index is 12.5. The number of thioether (sulfide) groups is 1. The first-order valence-electron chi connectivity index (χ1n) is 8.82. The Kier molecular flexibility index (Phi) is 6.11. The lowest BCUT2D eigenvalue weighted by atomic mass is 9.90. The molecule has 1 aliphatic heterocycles. The summed E-state index contributed by atoms with van der Waals surface area (Å²) in [5, 5.41) is 3.46. The number of rotatable bonds is 6. The Morgan fingerprint density at radius 3 is 2.50 bits per heavy atom. The molecule has 0 amide bonds. The summed E-state index contributed by atoms with van der Waals surface area (Å²) in [6, 6.07) is 16.6. The van der Waals surface area contributed by atoms with Gasteiger partial charge in [-0.25, -0.2) is 0 Å². The van der Waals surface area contributed by atoms with Gasteiger partial charge in [0.15, 0.2) is 5.78 Å². The van der Waals surface area contributed by atoms with Crippen molar-refractivity contribution in [2.75, 3.05) is 18.8 Å². The van der Waals surface area contributed by atoms with Gasteiger partial charge in [0, 0.05) is 23.4 Å². The highest BCUT2D eigenvalue weighted by Gasteiger charge is 2.15. The Labute approximate surface area is 149 Å². The Morgan fingerprint density at radius 1 is 1.12 bits per heavy atom. The first kappa shape index (κ1) is 17.2. The van der Waals surface area contributed by atoms with Crippen LogP contribution in [0.3, 0.4) is 0 Å². The zero-order valence-electron chi connectivity index (χ0n) is 14.3. The molecule has 2 aromatic carbocycles. The van der Waals surface area contributed by atoms with E-state index in [0.717, 1.165) is 30.0 Å². The van der Waals surface area contributed by atoms with Crippen molar-refractivity contribution < 1.29 is 4.79 Å². The number of ketones is 1. The highest BCUT2D eigenvalue weighted by molar-refractivity contribution is 7.99. The van der Waals surface area contributed by atoms with E-state index in [0.29, 0.717) is 12.3 Å². The lowest BCUT2D eigenvalue weighted by Crippen LogP contribution is -2.28. The van der Waals surface area contributed by atoms with Crippen LogP contribution in [0.5, 0.6) is 0 Å². The molecule has 1 atom stereocenters. The van der Waals surface area contributed by atoms with Crippen molar-refractivity contribution in [3.05, 3.63) is 65.2 Å². The Balaban J connectivity index is 1.61. The van der Waals surface area contributed by atoms with Crippen LogP contribution in [0.1, 0.15) is 47.2 Å². The minimum Gasteiger partial charge on any atom is -0.316 e. The number of benzene rings is 2. The molecule has 2 nitrogen and oxygen atoms in total. The molecule has 0 spiro atoms. The summed E-state index contributed by atoms with van der Waals surface area (Å²) in [5.41, 5.74) is 3.29. The molecule has 1 saturated heterocycles. The van der Waals surface area contributed by atoms with Gasteiger partial charge in [-0.05, 0) is 54.3 Å². The number of carbonyl (C=O) groups excluding carboxylic acids is 1. The predicted octanol–water partition coefficient (Wildman–Crippen LogP) is 4.69. The van der Waals surface area contributed by atoms with Gasteiger partial charge in [0.25, 0.3) is 0 Å². The lowest BCUT2D eigenvalue weighted by Gasteiger charge is -2.23. The van der Waals surface area contributed by atoms with Crippen LogP contribution in [0, 0.1) is 0 Å². The fraction of sp³-hybridized carbons (Fsp3) is 0.381. The number of Topliss-reactive ketones (excluding diaryl/α,β-unsaturated/α-hetero) is 1. The van der Waals surface area contributed by atoms with Crippen molar-refractivity contribution in [1.82, 2.24) is 5.32 Å². The van der Waals surface area contributed by atoms with E-state index in [1.165, 1.54) is 23.3 Å². The van der Waals surface area contributed by atoms with Crippen molar-refractivity contribution in [3.8, 4) is 0 Å². The van der Waals surface area contributed by atoms with Gasteiger partial charge in [0.05, 0.1) is 0 Å². The van der Waals surface area contributed by atoms with Crippen LogP contribution in [0.2, 0.25) is 0 Å². The number of nitrogens with one attached hydrogen (secondary N) is 1. The second kappa shape index (κ2) is 8.50. The van der Waals surface area contributed by atoms with Gasteiger partial charge in [0.2, 0.25) is 0 Å². The minimum absolute atomic E-state index is 0.190. The average Bonchev–Trinajstić information content (AvgIpc) is 2.64. The molecule has 0 aromatic heterocycles. The summed E-state index contributed by atoms with van der Waals surface area (Å²) >= 11 is 1.80. The topological polar surface area (TPSA) is 29.1 Å². The third kappa shape index (κ3) is 4.49. The molecule has 24 heavy (non-hydrogen) atoms. The van der Waals surface area contributed by atoms with Gasteiger partial charge >= 0.3 is 0 Å². The van der Waals surface area contributed by atoms with Gasteiger partial charge in [-0.3, -0.25) is 4.79 Å². The smallest absolute Gasteiger partial charge is 0.167 e. The van der Waals surface area contributed by atoms with Crippen LogP contribution in [0.25, 0.3) is 0 Å². The fourth-order valence-corrected chi connectivity index (χ4v) is 3.90. The summed E-state index contributed by atoms with van der Waals surface area (Å²) < 4.78 is 0. The first-order valence-corrected chi connectivity index (χ1v) is 9.80. The van der Waals surface area contributed by atoms with E-state index < -0.39 is 0 Å². The second-order valence-corrected chi connectivity index (χ2v) is 7.68. The number of hydrogen-bond acceptors (Lipinski definition) is 3. The van der Waals surface area contributed by atoms with Crippen LogP contribution >= 0.6 is 11.8 Å². The zero-order valence-corrected chi connectivity index (χ0v) is 15.1. The summed E-state index contributed by atoms with van der Waals surface area (Å²) in [6.07, 6.45) is 2.98. The third-order valence-corrected chi connectivity index (χ3v) is 5.49. The summed E-state index contributed by atoms with van der Waals surface area (Å²) in [7, 11) is 0. The summed E-state index contributed by atoms with van der Waals surface area (Å²) in [4.78, 5) is 13.7. The highest BCUT2D eigenvalue weighted by Crippen LogP contribution is 2.24. The standard InChI is InChI=1S/C21H25NOS/c1-2-24-20-11-9-18(10-12-20)21(23)14-16-5-7-17(8-6-16)19-4-3-13-22-15-19/h5-12,19,22H,2-4,13-15H2,1H3/t19-/m1/s1. The summed E-state index contributed by atoms with van der Waals surface area (Å²) in [6.45, 7) is 4.34. The van der Waals surface area contributed by atoms with Crippen molar-refractivity contribution in [2.45, 2.75) is 37.0 Å². The van der Waals surface area contributed by atoms with E-state index >= 15 is 0 Å². The highest BCUT2D eigenvalue weighted by atomic mass is 32.2. The Hall–Kier alpha value is -1.58. The third-order valence-electron chi connectivity index (χ3n) is 4.60. The predicted molar refractivity (Wildman–Crippen MR) is 102 cm³/mol. The zero-order chi connectivity index (χ0) is 16.8. The van der Waals surface area contributed by atoms with Gasteiger partial charge in [-0.15, -0.1) is 11.8 Å². The molecule has 3 rings (SSSR count). The second-order valence-electron chi connectivity index (χ2n) is 6.34. The first-order chi connectivity index (χ1) is 11.8. The summed E-state index contributed by atoms with van der Waals surface area (Å²) in [5.74, 6) is 1.86. The molecule has 1 fully saturated rings. The van der Waals surface area contributed by atoms with Crippen molar-refractivity contribution in [2.24, 2.45) is 0 Å². The molecule has 126 valence electrons. The molecule has 1 aliphatic rings. The fourth-order valence-electron chi connectivity index (χ4n) is 3.24. The normalized spacial score (nSPS) is 17.6. The molecule has 0 bridgehead atoms. The Morgan fingerprint density at radius 2 is 1.88 bits per heavy atom. The molecule has 1 N–H and O–H groups in total. The van der Waals surface area contributed by atoms with Crippen LogP contribution < -0.4 is 5.32 Å². The van der Waals surface area contributed by atoms with Gasteiger partial charge in [-0.1, -0.05) is 43.3 Å². The van der Waals surface area contributed by atoms with Crippen LogP contribution in [-0.2, 0) is 6.42 Å². The SMILES string of the molecule is CCSc1ccc(C(=O)Cc2ccc([C@@H]3CCCNC3)cc2)cc1. The lowest BCUT2D eigenvalue weighted by molar-refractivity contribution is 0.0993. The quantitative estimate of drug-likeness (QED) is 0.611. The van der Waals surface area contributed by atoms with E-state index in [1.54, 1.807) is 11.8 Å². The maximum Gasteiger partial charge on any atom is 0.167 e. The van der Waals surface area contributed by atoms with E-state index in [-0.39, 0.29) is 5.78 Å². The molecule has 1 heterocycles. The van der Waals surface area contributed by atoms with Crippen LogP contribution in [0.15, 0.2) is 53.4 Å². The minimum atomic E-state index is 0.190. The molecular weight excluding hydrogens is 314 g/mol. The van der Waals surface area contributed by atoms with Crippen LogP contribution in [-0.4, -0.2) is 24.6 Å². The number of carbonyl (C=O) groups is 1. The molecule has 2 aromatic rings. The van der Waals surface area contributed by atoms with E-state index in [4.69, 9.17) is 0 Å². The van der Waals surface area contributed by atoms with Crippen molar-refractivity contribution >= 4 is 17.5 Å². The molecule has 0 radical (unpaired) electrons. The molecule has 0 unspecified atom stereocenters. The Bertz CT molecular complexity index is 657. The number of hydrogen-bond donors (Lipinski definition) is 1. The molecular formula is C21H25NOS. The number of piperidine rings is 1. The van der Waals surface area contributed by atoms with Crippen molar-refractivity contribution in [3.63, 3.8) is 0 Å². The van der Waals surface area contributed by atoms with Crippen molar-refractivity contribution in [1.29, 1.82) is 0 Å².